The molecule has 0 aliphatic heterocycles. The van der Waals surface area contributed by atoms with Crippen LogP contribution in [-0.2, 0) is 5.54 Å². The Kier molecular flexibility index (Phi) is 4.42. The normalized spacial score (nSPS) is 23.3. The van der Waals surface area contributed by atoms with E-state index in [9.17, 15) is 0 Å². The maximum Gasteiger partial charge on any atom is 0.0663 e. The first kappa shape index (κ1) is 15.4. The summed E-state index contributed by atoms with van der Waals surface area (Å²) < 4.78 is 0. The van der Waals surface area contributed by atoms with Crippen molar-refractivity contribution in [1.82, 2.24) is 4.90 Å². The van der Waals surface area contributed by atoms with E-state index >= 15 is 0 Å². The lowest BCUT2D eigenvalue weighted by molar-refractivity contribution is 0.0893. The Hall–Kier alpha value is -1.51. The molecule has 1 aromatic rings. The fraction of sp³-hybridized carbons (Fsp3) is 0.300. The van der Waals surface area contributed by atoms with E-state index in [-0.39, 0.29) is 5.54 Å². The summed E-state index contributed by atoms with van der Waals surface area (Å²) in [5.74, 6) is 0.741. The summed E-state index contributed by atoms with van der Waals surface area (Å²) >= 11 is 1.86. The first-order valence-electron chi connectivity index (χ1n) is 7.71. The topological polar surface area (TPSA) is 3.24 Å². The molecule has 2 aliphatic carbocycles. The van der Waals surface area contributed by atoms with E-state index in [1.165, 1.54) is 10.5 Å². The van der Waals surface area contributed by atoms with Crippen molar-refractivity contribution in [3.8, 4) is 0 Å². The van der Waals surface area contributed by atoms with E-state index in [0.717, 1.165) is 0 Å². The molecule has 0 heterocycles. The second-order valence-electron chi connectivity index (χ2n) is 6.02. The molecule has 22 heavy (non-hydrogen) atoms. The van der Waals surface area contributed by atoms with Crippen LogP contribution in [-0.4, -0.2) is 25.3 Å². The highest BCUT2D eigenvalue weighted by atomic mass is 32.2. The van der Waals surface area contributed by atoms with Crippen LogP contribution in [0.3, 0.4) is 0 Å². The van der Waals surface area contributed by atoms with Gasteiger partial charge in [-0.05, 0) is 30.8 Å². The molecule has 0 aromatic heterocycles. The summed E-state index contributed by atoms with van der Waals surface area (Å²) in [6, 6.07) is 10.9. The molecule has 0 spiro atoms. The predicted octanol–water partition coefficient (Wildman–Crippen LogP) is 4.62. The molecule has 0 radical (unpaired) electrons. The van der Waals surface area contributed by atoms with Crippen LogP contribution in [0, 0.1) is 11.8 Å². The number of hydrogen-bond donors (Lipinski definition) is 0. The maximum absolute atomic E-state index is 2.40. The monoisotopic (exact) mass is 309 g/mol. The Morgan fingerprint density at radius 3 is 2.23 bits per heavy atom. The number of thioether (sulfide) groups is 1. The minimum Gasteiger partial charge on any atom is -0.298 e. The van der Waals surface area contributed by atoms with Crippen LogP contribution in [0.1, 0.15) is 5.56 Å². The van der Waals surface area contributed by atoms with Gasteiger partial charge in [0.15, 0.2) is 0 Å². The lowest BCUT2D eigenvalue weighted by Crippen LogP contribution is -2.51. The molecule has 0 saturated heterocycles. The lowest BCUT2D eigenvalue weighted by atomic mass is 9.69. The van der Waals surface area contributed by atoms with Gasteiger partial charge in [0.2, 0.25) is 0 Å². The van der Waals surface area contributed by atoms with Crippen LogP contribution in [0.5, 0.6) is 0 Å². The molecule has 2 aliphatic rings. The van der Waals surface area contributed by atoms with Gasteiger partial charge < -0.3 is 0 Å². The van der Waals surface area contributed by atoms with Gasteiger partial charge >= 0.3 is 0 Å². The van der Waals surface area contributed by atoms with Crippen LogP contribution in [0.2, 0.25) is 0 Å². The van der Waals surface area contributed by atoms with E-state index < -0.39 is 0 Å². The molecular formula is C20H23NS. The molecule has 0 amide bonds. The van der Waals surface area contributed by atoms with Gasteiger partial charge in [-0.2, -0.15) is 0 Å². The molecule has 0 N–H and O–H groups in total. The fourth-order valence-corrected chi connectivity index (χ4v) is 4.59. The molecule has 1 unspecified atom stereocenters. The van der Waals surface area contributed by atoms with E-state index in [4.69, 9.17) is 0 Å². The molecule has 0 saturated carbocycles. The molecule has 2 heteroatoms. The predicted molar refractivity (Wildman–Crippen MR) is 97.8 cm³/mol. The SMILES string of the molecule is CSC1=CC=CC1[C@@](c1ccccc1)(C1C=CC=C1)N(C)C. The van der Waals surface area contributed by atoms with E-state index in [2.05, 4.69) is 98.1 Å². The second-order valence-corrected chi connectivity index (χ2v) is 6.90. The smallest absolute Gasteiger partial charge is 0.0663 e. The quantitative estimate of drug-likeness (QED) is 0.781. The van der Waals surface area contributed by atoms with Crippen molar-refractivity contribution in [1.29, 1.82) is 0 Å². The highest BCUT2D eigenvalue weighted by Crippen LogP contribution is 2.50. The summed E-state index contributed by atoms with van der Waals surface area (Å²) in [5.41, 5.74) is 1.28. The van der Waals surface area contributed by atoms with Gasteiger partial charge in [-0.15, -0.1) is 11.8 Å². The van der Waals surface area contributed by atoms with E-state index in [1.807, 2.05) is 11.8 Å². The summed E-state index contributed by atoms with van der Waals surface area (Å²) in [7, 11) is 4.41. The van der Waals surface area contributed by atoms with Gasteiger partial charge in [-0.1, -0.05) is 72.9 Å². The van der Waals surface area contributed by atoms with Crippen molar-refractivity contribution in [2.75, 3.05) is 20.4 Å². The molecule has 1 aromatic carbocycles. The molecule has 0 fully saturated rings. The minimum atomic E-state index is -0.0907. The number of nitrogens with zero attached hydrogens (tertiary/aromatic N) is 1. The van der Waals surface area contributed by atoms with Crippen molar-refractivity contribution in [2.45, 2.75) is 5.54 Å². The Morgan fingerprint density at radius 2 is 1.64 bits per heavy atom. The molecular weight excluding hydrogens is 286 g/mol. The molecule has 114 valence electrons. The van der Waals surface area contributed by atoms with Crippen LogP contribution in [0.4, 0.5) is 0 Å². The van der Waals surface area contributed by atoms with Crippen LogP contribution < -0.4 is 0 Å². The molecule has 2 atom stereocenters. The third-order valence-electron chi connectivity index (χ3n) is 4.81. The summed E-state index contributed by atoms with van der Waals surface area (Å²) in [5, 5.41) is 0. The van der Waals surface area contributed by atoms with E-state index in [1.54, 1.807) is 0 Å². The van der Waals surface area contributed by atoms with Crippen LogP contribution >= 0.6 is 11.8 Å². The third-order valence-corrected chi connectivity index (χ3v) is 5.67. The number of rotatable bonds is 5. The highest BCUT2D eigenvalue weighted by Gasteiger charge is 2.48. The van der Waals surface area contributed by atoms with Gasteiger partial charge in [0.25, 0.3) is 0 Å². The summed E-state index contributed by atoms with van der Waals surface area (Å²) in [6.45, 7) is 0. The highest BCUT2D eigenvalue weighted by molar-refractivity contribution is 8.02. The minimum absolute atomic E-state index is 0.0907. The molecule has 1 nitrogen and oxygen atoms in total. The lowest BCUT2D eigenvalue weighted by Gasteiger charge is -2.48. The molecule has 3 rings (SSSR count). The average molecular weight is 309 g/mol. The van der Waals surface area contributed by atoms with Gasteiger partial charge in [-0.25, -0.2) is 0 Å². The maximum atomic E-state index is 2.40. The van der Waals surface area contributed by atoms with Crippen molar-refractivity contribution in [3.63, 3.8) is 0 Å². The third kappa shape index (κ3) is 2.31. The van der Waals surface area contributed by atoms with Gasteiger partial charge in [0.1, 0.15) is 0 Å². The average Bonchev–Trinajstić information content (AvgIpc) is 3.21. The second kappa shape index (κ2) is 6.31. The number of allylic oxidation sites excluding steroid dienone is 4. The van der Waals surface area contributed by atoms with Crippen molar-refractivity contribution in [3.05, 3.63) is 83.3 Å². The van der Waals surface area contributed by atoms with Gasteiger partial charge in [0.05, 0.1) is 5.54 Å². The first-order valence-corrected chi connectivity index (χ1v) is 8.94. The number of hydrogen-bond acceptors (Lipinski definition) is 2. The zero-order valence-corrected chi connectivity index (χ0v) is 14.3. The zero-order valence-electron chi connectivity index (χ0n) is 13.4. The first-order chi connectivity index (χ1) is 10.7. The van der Waals surface area contributed by atoms with Gasteiger partial charge in [0, 0.05) is 11.8 Å². The van der Waals surface area contributed by atoms with Crippen LogP contribution in [0.25, 0.3) is 0 Å². The largest absolute Gasteiger partial charge is 0.298 e. The van der Waals surface area contributed by atoms with Crippen LogP contribution in [0.15, 0.2) is 77.8 Å². The van der Waals surface area contributed by atoms with Crippen molar-refractivity contribution >= 4 is 11.8 Å². The summed E-state index contributed by atoms with van der Waals surface area (Å²) in [6.07, 6.45) is 18.0. The van der Waals surface area contributed by atoms with Gasteiger partial charge in [-0.3, -0.25) is 4.90 Å². The summed E-state index contributed by atoms with van der Waals surface area (Å²) in [4.78, 5) is 3.84. The van der Waals surface area contributed by atoms with Crippen molar-refractivity contribution in [2.24, 2.45) is 11.8 Å². The standard InChI is InChI=1S/C20H23NS/c1-21(2)20(17-12-7-8-13-17,16-10-5-4-6-11-16)18-14-9-15-19(18)22-3/h4-15,17-18H,1-3H3/t18?,20-/m1/s1. The Bertz CT molecular complexity index is 627. The van der Waals surface area contributed by atoms with E-state index in [0.29, 0.717) is 11.8 Å². The Balaban J connectivity index is 2.20. The molecule has 0 bridgehead atoms. The zero-order chi connectivity index (χ0) is 15.6. The fourth-order valence-electron chi connectivity index (χ4n) is 3.86. The Labute approximate surface area is 138 Å². The number of benzene rings is 1. The Morgan fingerprint density at radius 1 is 0.955 bits per heavy atom. The van der Waals surface area contributed by atoms with Crippen molar-refractivity contribution < 1.29 is 0 Å².